The molecule has 0 spiro atoms. The van der Waals surface area contributed by atoms with Gasteiger partial charge in [-0.25, -0.2) is 4.98 Å². The predicted molar refractivity (Wildman–Crippen MR) is 88.9 cm³/mol. The lowest BCUT2D eigenvalue weighted by Crippen LogP contribution is -2.21. The van der Waals surface area contributed by atoms with Gasteiger partial charge in [0.05, 0.1) is 28.1 Å². The molecule has 21 heavy (non-hydrogen) atoms. The van der Waals surface area contributed by atoms with Gasteiger partial charge in [-0.05, 0) is 19.5 Å². The Morgan fingerprint density at radius 3 is 2.57 bits per heavy atom. The second-order valence-corrected chi connectivity index (χ2v) is 7.40. The first-order valence-electron chi connectivity index (χ1n) is 7.50. The highest BCUT2D eigenvalue weighted by atomic mass is 32.1. The Morgan fingerprint density at radius 2 is 2.10 bits per heavy atom. The van der Waals surface area contributed by atoms with E-state index in [0.29, 0.717) is 0 Å². The van der Waals surface area contributed by atoms with Gasteiger partial charge in [0.15, 0.2) is 0 Å². The van der Waals surface area contributed by atoms with Gasteiger partial charge in [-0.15, -0.1) is 11.3 Å². The molecule has 2 rings (SSSR count). The van der Waals surface area contributed by atoms with E-state index in [2.05, 4.69) is 49.6 Å². The Balaban J connectivity index is 2.19. The summed E-state index contributed by atoms with van der Waals surface area (Å²) in [4.78, 5) is 4.80. The minimum atomic E-state index is 0.117. The van der Waals surface area contributed by atoms with Crippen LogP contribution in [0.25, 0.3) is 0 Å². The fourth-order valence-corrected chi connectivity index (χ4v) is 3.39. The second kappa shape index (κ2) is 6.28. The van der Waals surface area contributed by atoms with Gasteiger partial charge in [0.2, 0.25) is 0 Å². The molecule has 5 heteroatoms. The van der Waals surface area contributed by atoms with Gasteiger partial charge in [-0.1, -0.05) is 27.7 Å². The molecule has 0 fully saturated rings. The molecule has 0 aromatic carbocycles. The molecule has 0 amide bonds. The van der Waals surface area contributed by atoms with Gasteiger partial charge < -0.3 is 5.32 Å². The van der Waals surface area contributed by atoms with E-state index in [1.807, 2.05) is 18.8 Å². The Labute approximate surface area is 131 Å². The number of rotatable bonds is 5. The van der Waals surface area contributed by atoms with Gasteiger partial charge in [0.1, 0.15) is 0 Å². The lowest BCUT2D eigenvalue weighted by Gasteiger charge is -2.16. The van der Waals surface area contributed by atoms with Crippen LogP contribution < -0.4 is 5.32 Å². The lowest BCUT2D eigenvalue weighted by atomic mass is 9.93. The number of likely N-dealkylation sites (N-methyl/N-ethyl adjacent to an activating group) is 1. The topological polar surface area (TPSA) is 42.7 Å². The van der Waals surface area contributed by atoms with Gasteiger partial charge in [-0.2, -0.15) is 5.10 Å². The summed E-state index contributed by atoms with van der Waals surface area (Å²) in [5.41, 5.74) is 3.66. The summed E-state index contributed by atoms with van der Waals surface area (Å²) >= 11 is 1.75. The van der Waals surface area contributed by atoms with E-state index in [4.69, 9.17) is 4.98 Å². The largest absolute Gasteiger partial charge is 0.311 e. The van der Waals surface area contributed by atoms with Gasteiger partial charge in [-0.3, -0.25) is 4.68 Å². The fraction of sp³-hybridized carbons (Fsp3) is 0.625. The van der Waals surface area contributed by atoms with Gasteiger partial charge in [0, 0.05) is 24.3 Å². The van der Waals surface area contributed by atoms with Crippen molar-refractivity contribution < 1.29 is 0 Å². The van der Waals surface area contributed by atoms with E-state index in [9.17, 15) is 0 Å². The normalized spacial score (nSPS) is 13.6. The summed E-state index contributed by atoms with van der Waals surface area (Å²) in [6.07, 6.45) is 1.87. The second-order valence-electron chi connectivity index (χ2n) is 6.46. The van der Waals surface area contributed by atoms with Crippen molar-refractivity contribution in [1.82, 2.24) is 20.1 Å². The number of thiazole rings is 1. The number of nitrogens with one attached hydrogen (secondary N) is 1. The highest BCUT2D eigenvalue weighted by molar-refractivity contribution is 7.09. The summed E-state index contributed by atoms with van der Waals surface area (Å²) in [6, 6.07) is 2.45. The third-order valence-corrected chi connectivity index (χ3v) is 4.60. The van der Waals surface area contributed by atoms with Crippen LogP contribution in [0, 0.1) is 0 Å². The summed E-state index contributed by atoms with van der Waals surface area (Å²) in [5.74, 6) is 0. The Hall–Kier alpha value is -1.20. The van der Waals surface area contributed by atoms with E-state index in [1.165, 1.54) is 16.4 Å². The van der Waals surface area contributed by atoms with E-state index in [-0.39, 0.29) is 11.5 Å². The first-order chi connectivity index (χ1) is 9.85. The van der Waals surface area contributed by atoms with E-state index >= 15 is 0 Å². The van der Waals surface area contributed by atoms with Gasteiger partial charge >= 0.3 is 0 Å². The molecule has 1 N–H and O–H groups in total. The molecule has 1 atom stereocenters. The quantitative estimate of drug-likeness (QED) is 0.922. The van der Waals surface area contributed by atoms with Crippen LogP contribution in [0.2, 0.25) is 0 Å². The van der Waals surface area contributed by atoms with Crippen molar-refractivity contribution in [2.75, 3.05) is 7.05 Å². The van der Waals surface area contributed by atoms with Crippen molar-refractivity contribution in [3.8, 4) is 0 Å². The molecular formula is C16H26N4S. The van der Waals surface area contributed by atoms with E-state index in [1.54, 1.807) is 11.3 Å². The minimum absolute atomic E-state index is 0.117. The molecule has 0 aliphatic heterocycles. The van der Waals surface area contributed by atoms with Crippen LogP contribution in [-0.2, 0) is 25.3 Å². The standard InChI is InChI=1S/C16H26N4S/c1-7-11-8-13(20(6)19-11)12(17-5)9-15-18-14(10-21-15)16(2,3)4/h8,10,12,17H,7,9H2,1-6H3. The van der Waals surface area contributed by atoms with Crippen LogP contribution in [0.4, 0.5) is 0 Å². The van der Waals surface area contributed by atoms with Crippen molar-refractivity contribution in [3.63, 3.8) is 0 Å². The number of hydrogen-bond donors (Lipinski definition) is 1. The van der Waals surface area contributed by atoms with Gasteiger partial charge in [0.25, 0.3) is 0 Å². The maximum Gasteiger partial charge on any atom is 0.0948 e. The minimum Gasteiger partial charge on any atom is -0.311 e. The molecule has 0 bridgehead atoms. The fourth-order valence-electron chi connectivity index (χ4n) is 2.32. The summed E-state index contributed by atoms with van der Waals surface area (Å²) < 4.78 is 1.98. The third-order valence-electron chi connectivity index (χ3n) is 3.73. The highest BCUT2D eigenvalue weighted by Crippen LogP contribution is 2.26. The lowest BCUT2D eigenvalue weighted by molar-refractivity contribution is 0.530. The number of hydrogen-bond acceptors (Lipinski definition) is 4. The SMILES string of the molecule is CCc1cc(C(Cc2nc(C(C)(C)C)cs2)NC)n(C)n1. The van der Waals surface area contributed by atoms with Crippen LogP contribution in [0.15, 0.2) is 11.4 Å². The molecule has 2 aromatic heterocycles. The number of aryl methyl sites for hydroxylation is 2. The Bertz CT molecular complexity index is 592. The predicted octanol–water partition coefficient (Wildman–Crippen LogP) is 3.24. The van der Waals surface area contributed by atoms with Crippen molar-refractivity contribution in [2.45, 2.75) is 52.0 Å². The third kappa shape index (κ3) is 3.71. The maximum atomic E-state index is 4.80. The summed E-state index contributed by atoms with van der Waals surface area (Å²) in [7, 11) is 4.02. The smallest absolute Gasteiger partial charge is 0.0948 e. The highest BCUT2D eigenvalue weighted by Gasteiger charge is 2.20. The average Bonchev–Trinajstić information content (AvgIpc) is 3.02. The monoisotopic (exact) mass is 306 g/mol. The molecule has 4 nitrogen and oxygen atoms in total. The van der Waals surface area contributed by atoms with Crippen LogP contribution in [0.1, 0.15) is 55.8 Å². The van der Waals surface area contributed by atoms with Crippen molar-refractivity contribution in [3.05, 3.63) is 33.5 Å². The zero-order valence-corrected chi connectivity index (χ0v) is 14.7. The molecule has 0 saturated heterocycles. The average molecular weight is 306 g/mol. The number of aromatic nitrogens is 3. The summed E-state index contributed by atoms with van der Waals surface area (Å²) in [6.45, 7) is 8.75. The molecule has 1 unspecified atom stereocenters. The van der Waals surface area contributed by atoms with Crippen molar-refractivity contribution in [1.29, 1.82) is 0 Å². The van der Waals surface area contributed by atoms with E-state index in [0.717, 1.165) is 18.5 Å². The maximum absolute atomic E-state index is 4.80. The molecule has 0 saturated carbocycles. The molecule has 116 valence electrons. The number of nitrogens with zero attached hydrogens (tertiary/aromatic N) is 3. The van der Waals surface area contributed by atoms with Crippen molar-refractivity contribution >= 4 is 11.3 Å². The van der Waals surface area contributed by atoms with Crippen molar-refractivity contribution in [2.24, 2.45) is 7.05 Å². The first-order valence-corrected chi connectivity index (χ1v) is 8.38. The molecule has 0 radical (unpaired) electrons. The first kappa shape index (κ1) is 16.2. The molecule has 0 aliphatic rings. The zero-order chi connectivity index (χ0) is 15.6. The van der Waals surface area contributed by atoms with E-state index < -0.39 is 0 Å². The zero-order valence-electron chi connectivity index (χ0n) is 13.9. The molecule has 0 aliphatic carbocycles. The van der Waals surface area contributed by atoms with Crippen LogP contribution in [-0.4, -0.2) is 21.8 Å². The van der Waals surface area contributed by atoms with Crippen LogP contribution in [0.5, 0.6) is 0 Å². The Morgan fingerprint density at radius 1 is 1.38 bits per heavy atom. The van der Waals surface area contributed by atoms with Crippen LogP contribution >= 0.6 is 11.3 Å². The Kier molecular flexibility index (Phi) is 4.84. The molecule has 2 aromatic rings. The molecular weight excluding hydrogens is 280 g/mol. The summed E-state index contributed by atoms with van der Waals surface area (Å²) in [5, 5.41) is 11.3. The molecule has 2 heterocycles. The van der Waals surface area contributed by atoms with Crippen LogP contribution in [0.3, 0.4) is 0 Å².